The molecule has 1 aliphatic rings. The minimum absolute atomic E-state index is 0.0692. The molecule has 92 valence electrons. The Morgan fingerprint density at radius 3 is 2.94 bits per heavy atom. The lowest BCUT2D eigenvalue weighted by molar-refractivity contribution is -0.141. The lowest BCUT2D eigenvalue weighted by Crippen LogP contribution is -2.34. The van der Waals surface area contributed by atoms with E-state index in [1.54, 1.807) is 0 Å². The van der Waals surface area contributed by atoms with E-state index in [0.717, 1.165) is 25.8 Å². The second kappa shape index (κ2) is 6.48. The van der Waals surface area contributed by atoms with E-state index in [0.29, 0.717) is 13.1 Å². The van der Waals surface area contributed by atoms with Crippen molar-refractivity contribution in [2.45, 2.75) is 26.2 Å². The molecule has 0 aliphatic carbocycles. The molecule has 1 heterocycles. The quantitative estimate of drug-likeness (QED) is 0.664. The second-order valence-corrected chi connectivity index (χ2v) is 4.28. The molecule has 2 N–H and O–H groups in total. The third-order valence-corrected chi connectivity index (χ3v) is 2.82. The summed E-state index contributed by atoms with van der Waals surface area (Å²) in [7, 11) is 0. The number of rotatable bonds is 5. The topological polar surface area (TPSA) is 69.6 Å². The number of carboxylic acid groups (broad SMARTS) is 1. The third kappa shape index (κ3) is 4.18. The minimum Gasteiger partial charge on any atom is -0.481 e. The Morgan fingerprint density at radius 2 is 2.31 bits per heavy atom. The van der Waals surface area contributed by atoms with Crippen LogP contribution in [0.1, 0.15) is 26.2 Å². The molecular formula is C11H20N2O3. The Bertz CT molecular complexity index is 256. The average molecular weight is 228 g/mol. The van der Waals surface area contributed by atoms with Gasteiger partial charge in [-0.25, -0.2) is 0 Å². The van der Waals surface area contributed by atoms with Gasteiger partial charge >= 0.3 is 5.97 Å². The molecule has 0 spiro atoms. The van der Waals surface area contributed by atoms with Crippen molar-refractivity contribution in [2.75, 3.05) is 26.2 Å². The van der Waals surface area contributed by atoms with E-state index in [1.807, 2.05) is 4.90 Å². The van der Waals surface area contributed by atoms with Crippen LogP contribution in [0, 0.1) is 5.92 Å². The number of hydrogen-bond acceptors (Lipinski definition) is 3. The lowest BCUT2D eigenvalue weighted by atomic mass is 10.1. The molecule has 0 aromatic rings. The number of aliphatic carboxylic acids is 1. The molecule has 1 unspecified atom stereocenters. The smallest absolute Gasteiger partial charge is 0.309 e. The van der Waals surface area contributed by atoms with Crippen LogP contribution in [-0.4, -0.2) is 48.1 Å². The Kier molecular flexibility index (Phi) is 5.25. The molecule has 0 bridgehead atoms. The maximum Gasteiger partial charge on any atom is 0.309 e. The summed E-state index contributed by atoms with van der Waals surface area (Å²) in [6, 6.07) is 0. The van der Waals surface area contributed by atoms with Gasteiger partial charge in [0.05, 0.1) is 12.5 Å². The van der Waals surface area contributed by atoms with Crippen molar-refractivity contribution < 1.29 is 14.7 Å². The van der Waals surface area contributed by atoms with E-state index in [4.69, 9.17) is 5.11 Å². The highest BCUT2D eigenvalue weighted by Gasteiger charge is 2.26. The van der Waals surface area contributed by atoms with Crippen LogP contribution in [0.5, 0.6) is 0 Å². The summed E-state index contributed by atoms with van der Waals surface area (Å²) >= 11 is 0. The number of nitrogens with one attached hydrogen (secondary N) is 1. The number of amides is 1. The summed E-state index contributed by atoms with van der Waals surface area (Å²) in [6.45, 7) is 3.98. The monoisotopic (exact) mass is 228 g/mol. The van der Waals surface area contributed by atoms with Gasteiger partial charge in [0.25, 0.3) is 0 Å². The summed E-state index contributed by atoms with van der Waals surface area (Å²) in [5.41, 5.74) is 0. The molecule has 1 atom stereocenters. The van der Waals surface area contributed by atoms with Crippen molar-refractivity contribution >= 4 is 11.9 Å². The second-order valence-electron chi connectivity index (χ2n) is 4.28. The summed E-state index contributed by atoms with van der Waals surface area (Å²) in [6.07, 6.45) is 3.27. The highest BCUT2D eigenvalue weighted by Crippen LogP contribution is 2.06. The highest BCUT2D eigenvalue weighted by atomic mass is 16.4. The van der Waals surface area contributed by atoms with Crippen molar-refractivity contribution in [2.24, 2.45) is 5.92 Å². The van der Waals surface area contributed by atoms with Crippen LogP contribution in [-0.2, 0) is 9.59 Å². The van der Waals surface area contributed by atoms with Gasteiger partial charge in [-0.05, 0) is 13.0 Å². The van der Waals surface area contributed by atoms with Crippen LogP contribution in [0.25, 0.3) is 0 Å². The van der Waals surface area contributed by atoms with Gasteiger partial charge in [-0.2, -0.15) is 0 Å². The van der Waals surface area contributed by atoms with E-state index in [1.165, 1.54) is 0 Å². The van der Waals surface area contributed by atoms with Crippen LogP contribution in [0.2, 0.25) is 0 Å². The standard InChI is InChI=1S/C11H20N2O3/c1-2-3-4-5-13-7-9(11(15)16)6-12-10(14)8-13/h9H,2-8H2,1H3,(H,12,14)(H,15,16). The first kappa shape index (κ1) is 13.0. The van der Waals surface area contributed by atoms with Crippen molar-refractivity contribution in [3.05, 3.63) is 0 Å². The fourth-order valence-electron chi connectivity index (χ4n) is 1.86. The summed E-state index contributed by atoms with van der Waals surface area (Å²) < 4.78 is 0. The first-order chi connectivity index (χ1) is 7.63. The molecule has 5 nitrogen and oxygen atoms in total. The molecule has 0 saturated carbocycles. The summed E-state index contributed by atoms with van der Waals surface area (Å²) in [5, 5.41) is 11.6. The minimum atomic E-state index is -0.831. The SMILES string of the molecule is CCCCCN1CC(=O)NCC(C(=O)O)C1. The van der Waals surface area contributed by atoms with Gasteiger partial charge in [0.1, 0.15) is 0 Å². The predicted molar refractivity (Wildman–Crippen MR) is 60.1 cm³/mol. The molecule has 0 aromatic carbocycles. The lowest BCUT2D eigenvalue weighted by Gasteiger charge is -2.20. The molecule has 0 radical (unpaired) electrons. The van der Waals surface area contributed by atoms with Gasteiger partial charge in [0.2, 0.25) is 5.91 Å². The van der Waals surface area contributed by atoms with Gasteiger partial charge in [0.15, 0.2) is 0 Å². The number of carboxylic acids is 1. The first-order valence-electron chi connectivity index (χ1n) is 5.85. The Labute approximate surface area is 95.8 Å². The number of carbonyl (C=O) groups excluding carboxylic acids is 1. The number of unbranched alkanes of at least 4 members (excludes halogenated alkanes) is 2. The molecule has 1 aliphatic heterocycles. The first-order valence-corrected chi connectivity index (χ1v) is 5.85. The zero-order chi connectivity index (χ0) is 12.0. The molecule has 0 aromatic heterocycles. The zero-order valence-corrected chi connectivity index (χ0v) is 9.74. The summed E-state index contributed by atoms with van der Waals surface area (Å²) in [4.78, 5) is 24.2. The highest BCUT2D eigenvalue weighted by molar-refractivity contribution is 5.80. The van der Waals surface area contributed by atoms with E-state index < -0.39 is 11.9 Å². The van der Waals surface area contributed by atoms with Gasteiger partial charge in [-0.1, -0.05) is 19.8 Å². The van der Waals surface area contributed by atoms with E-state index >= 15 is 0 Å². The molecular weight excluding hydrogens is 208 g/mol. The maximum atomic E-state index is 11.3. The molecule has 1 amide bonds. The predicted octanol–water partition coefficient (Wildman–Crippen LogP) is 0.309. The van der Waals surface area contributed by atoms with Gasteiger partial charge in [-0.15, -0.1) is 0 Å². The Morgan fingerprint density at radius 1 is 1.56 bits per heavy atom. The van der Waals surface area contributed by atoms with Crippen molar-refractivity contribution in [3.63, 3.8) is 0 Å². The maximum absolute atomic E-state index is 11.3. The zero-order valence-electron chi connectivity index (χ0n) is 9.74. The van der Waals surface area contributed by atoms with Crippen molar-refractivity contribution in [3.8, 4) is 0 Å². The fraction of sp³-hybridized carbons (Fsp3) is 0.818. The van der Waals surface area contributed by atoms with E-state index in [-0.39, 0.29) is 12.5 Å². The van der Waals surface area contributed by atoms with Gasteiger partial charge in [-0.3, -0.25) is 14.5 Å². The van der Waals surface area contributed by atoms with E-state index in [9.17, 15) is 9.59 Å². The van der Waals surface area contributed by atoms with Crippen LogP contribution in [0.15, 0.2) is 0 Å². The molecule has 16 heavy (non-hydrogen) atoms. The van der Waals surface area contributed by atoms with Gasteiger partial charge < -0.3 is 10.4 Å². The number of nitrogens with zero attached hydrogens (tertiary/aromatic N) is 1. The van der Waals surface area contributed by atoms with Gasteiger partial charge in [0, 0.05) is 13.1 Å². The molecule has 1 fully saturated rings. The van der Waals surface area contributed by atoms with Crippen LogP contribution in [0.4, 0.5) is 0 Å². The average Bonchev–Trinajstić information content (AvgIpc) is 2.41. The molecule has 1 rings (SSSR count). The third-order valence-electron chi connectivity index (χ3n) is 2.82. The van der Waals surface area contributed by atoms with E-state index in [2.05, 4.69) is 12.2 Å². The largest absolute Gasteiger partial charge is 0.481 e. The Hall–Kier alpha value is -1.10. The molecule has 1 saturated heterocycles. The van der Waals surface area contributed by atoms with Crippen molar-refractivity contribution in [1.29, 1.82) is 0 Å². The number of carbonyl (C=O) groups is 2. The fourth-order valence-corrected chi connectivity index (χ4v) is 1.86. The van der Waals surface area contributed by atoms with Crippen LogP contribution < -0.4 is 5.32 Å². The normalized spacial score (nSPS) is 22.6. The number of hydrogen-bond donors (Lipinski definition) is 2. The summed E-state index contributed by atoms with van der Waals surface area (Å²) in [5.74, 6) is -1.38. The van der Waals surface area contributed by atoms with Crippen LogP contribution >= 0.6 is 0 Å². The van der Waals surface area contributed by atoms with Crippen LogP contribution in [0.3, 0.4) is 0 Å². The van der Waals surface area contributed by atoms with Crippen molar-refractivity contribution in [1.82, 2.24) is 10.2 Å². The Balaban J connectivity index is 2.46. The molecule has 5 heteroatoms.